The number of carbonyl (C=O) groups is 3. The first-order valence-electron chi connectivity index (χ1n) is 35.7. The summed E-state index contributed by atoms with van der Waals surface area (Å²) >= 11 is 0. The molecular weight excluding hydrogens is 1020 g/mol. The minimum atomic E-state index is -0.802. The van der Waals surface area contributed by atoms with Gasteiger partial charge in [-0.15, -0.1) is 0 Å². The van der Waals surface area contributed by atoms with Gasteiger partial charge in [-0.05, 0) is 96.3 Å². The zero-order valence-electron chi connectivity index (χ0n) is 54.9. The summed E-state index contributed by atoms with van der Waals surface area (Å²) < 4.78 is 17.0. The summed E-state index contributed by atoms with van der Waals surface area (Å²) in [5, 5.41) is 0. The van der Waals surface area contributed by atoms with E-state index in [1.807, 2.05) is 0 Å². The van der Waals surface area contributed by atoms with Crippen LogP contribution < -0.4 is 0 Å². The fraction of sp³-hybridized carbons (Fsp3) is 0.753. The molecule has 0 aromatic heterocycles. The Morgan fingerprint density at radius 3 is 0.783 bits per heavy atom. The Bertz CT molecular complexity index is 1610. The van der Waals surface area contributed by atoms with E-state index in [9.17, 15) is 14.4 Å². The van der Waals surface area contributed by atoms with Gasteiger partial charge in [-0.25, -0.2) is 0 Å². The number of carbonyl (C=O) groups excluding carboxylic acids is 3. The van der Waals surface area contributed by atoms with E-state index < -0.39 is 6.10 Å². The van der Waals surface area contributed by atoms with Gasteiger partial charge in [-0.1, -0.05) is 336 Å². The highest BCUT2D eigenvalue weighted by molar-refractivity contribution is 5.71. The summed E-state index contributed by atoms with van der Waals surface area (Å²) in [6.45, 7) is 6.52. The van der Waals surface area contributed by atoms with Crippen LogP contribution in [0.4, 0.5) is 0 Å². The Balaban J connectivity index is 4.37. The molecule has 0 aromatic rings. The molecule has 0 rings (SSSR count). The largest absolute Gasteiger partial charge is 0.462 e. The lowest BCUT2D eigenvalue weighted by atomic mass is 10.0. The lowest BCUT2D eigenvalue weighted by molar-refractivity contribution is -0.167. The third kappa shape index (κ3) is 69.0. The second-order valence-corrected chi connectivity index (χ2v) is 23.8. The first-order chi connectivity index (χ1) is 41.0. The van der Waals surface area contributed by atoms with Gasteiger partial charge in [0.15, 0.2) is 6.10 Å². The zero-order valence-corrected chi connectivity index (χ0v) is 54.9. The molecule has 478 valence electrons. The molecule has 0 spiro atoms. The second kappa shape index (κ2) is 70.8. The fourth-order valence-corrected chi connectivity index (χ4v) is 10.3. The van der Waals surface area contributed by atoms with Crippen LogP contribution in [0.25, 0.3) is 0 Å². The van der Waals surface area contributed by atoms with Crippen molar-refractivity contribution in [3.8, 4) is 0 Å². The summed E-state index contributed by atoms with van der Waals surface area (Å²) in [6.07, 6.45) is 95.8. The third-order valence-corrected chi connectivity index (χ3v) is 15.6. The second-order valence-electron chi connectivity index (χ2n) is 23.8. The molecule has 0 radical (unpaired) electrons. The quantitative estimate of drug-likeness (QED) is 0.0261. The SMILES string of the molecule is CC/C=C\C/C=C\C/C=C\C/C=C\C/C=C\CCCC(=O)OCC(COC(=O)CCCCCCCCCCCCCC/C=C\C/C=C\C/C=C\CCCCCCC)OC(=O)CCCCCCCCCCCCCCCCCCCCCCC. The molecule has 0 fully saturated rings. The van der Waals surface area contributed by atoms with Crippen LogP contribution in [0.15, 0.2) is 97.2 Å². The number of unbranched alkanes of at least 4 members (excludes halogenated alkanes) is 38. The average molecular weight is 1160 g/mol. The van der Waals surface area contributed by atoms with Crippen molar-refractivity contribution in [2.45, 2.75) is 361 Å². The molecule has 0 aromatic carbocycles. The van der Waals surface area contributed by atoms with Gasteiger partial charge in [0.1, 0.15) is 13.2 Å². The van der Waals surface area contributed by atoms with Crippen molar-refractivity contribution < 1.29 is 28.6 Å². The Morgan fingerprint density at radius 1 is 0.253 bits per heavy atom. The van der Waals surface area contributed by atoms with Gasteiger partial charge in [0, 0.05) is 19.3 Å². The van der Waals surface area contributed by atoms with Gasteiger partial charge in [0.05, 0.1) is 0 Å². The third-order valence-electron chi connectivity index (χ3n) is 15.6. The number of esters is 3. The molecular formula is C77H134O6. The standard InChI is InChI=1S/C77H134O6/c1-4-7-10-13-16-19-22-25-28-31-33-35-36-37-38-39-40-42-43-46-49-52-55-58-61-64-67-70-76(79)82-73-74(72-81-75(78)69-66-63-60-57-54-51-48-45-30-27-24-21-18-15-12-9-6-3)83-77(80)71-68-65-62-59-56-53-50-47-44-41-34-32-29-26-23-20-17-14-11-8-5-2/h9,12,18,21-22,25,27,30-31,33,36-37,48,51,57,60,74H,4-8,10-11,13-17,19-20,23-24,26,28-29,32,34-35,38-47,49-50,52-56,58-59,61-73H2,1-3H3/b12-9-,21-18-,25-22-,30-27-,33-31-,37-36-,51-48-,60-57-. The van der Waals surface area contributed by atoms with Crippen molar-refractivity contribution in [1.82, 2.24) is 0 Å². The molecule has 0 N–H and O–H groups in total. The predicted octanol–water partition coefficient (Wildman–Crippen LogP) is 24.8. The monoisotopic (exact) mass is 1160 g/mol. The Kier molecular flexibility index (Phi) is 67.7. The molecule has 0 saturated heterocycles. The highest BCUT2D eigenvalue weighted by Crippen LogP contribution is 2.18. The smallest absolute Gasteiger partial charge is 0.306 e. The van der Waals surface area contributed by atoms with E-state index in [-0.39, 0.29) is 37.5 Å². The van der Waals surface area contributed by atoms with Crippen molar-refractivity contribution in [2.24, 2.45) is 0 Å². The van der Waals surface area contributed by atoms with Crippen molar-refractivity contribution in [2.75, 3.05) is 13.2 Å². The maximum atomic E-state index is 13.0. The topological polar surface area (TPSA) is 78.9 Å². The van der Waals surface area contributed by atoms with Crippen molar-refractivity contribution in [3.63, 3.8) is 0 Å². The lowest BCUT2D eigenvalue weighted by Crippen LogP contribution is -2.30. The van der Waals surface area contributed by atoms with Crippen LogP contribution in [-0.2, 0) is 28.6 Å². The number of allylic oxidation sites excluding steroid dienone is 16. The highest BCUT2D eigenvalue weighted by Gasteiger charge is 2.19. The summed E-state index contributed by atoms with van der Waals surface area (Å²) in [7, 11) is 0. The summed E-state index contributed by atoms with van der Waals surface area (Å²) in [5.41, 5.74) is 0. The molecule has 0 saturated carbocycles. The first kappa shape index (κ1) is 79.3. The van der Waals surface area contributed by atoms with Gasteiger partial charge in [-0.3, -0.25) is 14.4 Å². The van der Waals surface area contributed by atoms with Crippen molar-refractivity contribution in [3.05, 3.63) is 97.2 Å². The maximum absolute atomic E-state index is 13.0. The molecule has 1 atom stereocenters. The Hall–Kier alpha value is -3.67. The van der Waals surface area contributed by atoms with Gasteiger partial charge in [-0.2, -0.15) is 0 Å². The number of rotatable bonds is 65. The van der Waals surface area contributed by atoms with Crippen LogP contribution in [0.3, 0.4) is 0 Å². The molecule has 6 heteroatoms. The van der Waals surface area contributed by atoms with E-state index in [2.05, 4.69) is 118 Å². The number of hydrogen-bond acceptors (Lipinski definition) is 6. The molecule has 0 aliphatic carbocycles. The van der Waals surface area contributed by atoms with Gasteiger partial charge in [0.2, 0.25) is 0 Å². The predicted molar refractivity (Wildman–Crippen MR) is 362 cm³/mol. The van der Waals surface area contributed by atoms with Crippen molar-refractivity contribution >= 4 is 17.9 Å². The molecule has 0 amide bonds. The molecule has 0 aliphatic rings. The average Bonchev–Trinajstić information content (AvgIpc) is 3.50. The fourth-order valence-electron chi connectivity index (χ4n) is 10.3. The van der Waals surface area contributed by atoms with Crippen LogP contribution in [-0.4, -0.2) is 37.2 Å². The molecule has 6 nitrogen and oxygen atoms in total. The van der Waals surface area contributed by atoms with Crippen molar-refractivity contribution in [1.29, 1.82) is 0 Å². The highest BCUT2D eigenvalue weighted by atomic mass is 16.6. The molecule has 0 bridgehead atoms. The van der Waals surface area contributed by atoms with Crippen LogP contribution in [0.2, 0.25) is 0 Å². The Morgan fingerprint density at radius 2 is 0.482 bits per heavy atom. The van der Waals surface area contributed by atoms with Gasteiger partial charge < -0.3 is 14.2 Å². The van der Waals surface area contributed by atoms with Crippen LogP contribution in [0.1, 0.15) is 355 Å². The van der Waals surface area contributed by atoms with Crippen LogP contribution in [0, 0.1) is 0 Å². The molecule has 0 aliphatic heterocycles. The molecule has 0 heterocycles. The van der Waals surface area contributed by atoms with E-state index in [4.69, 9.17) is 14.2 Å². The van der Waals surface area contributed by atoms with E-state index in [0.29, 0.717) is 19.3 Å². The summed E-state index contributed by atoms with van der Waals surface area (Å²) in [5.74, 6) is -0.938. The number of hydrogen-bond donors (Lipinski definition) is 0. The van der Waals surface area contributed by atoms with Crippen LogP contribution >= 0.6 is 0 Å². The van der Waals surface area contributed by atoms with Crippen LogP contribution in [0.5, 0.6) is 0 Å². The minimum absolute atomic E-state index is 0.0934. The number of ether oxygens (including phenoxy) is 3. The van der Waals surface area contributed by atoms with E-state index in [1.54, 1.807) is 0 Å². The molecule has 83 heavy (non-hydrogen) atoms. The molecule has 1 unspecified atom stereocenters. The zero-order chi connectivity index (χ0) is 59.9. The van der Waals surface area contributed by atoms with E-state index >= 15 is 0 Å². The van der Waals surface area contributed by atoms with E-state index in [0.717, 1.165) is 89.9 Å². The Labute approximate surface area is 515 Å². The normalized spacial score (nSPS) is 12.7. The maximum Gasteiger partial charge on any atom is 0.306 e. The lowest BCUT2D eigenvalue weighted by Gasteiger charge is -2.18. The van der Waals surface area contributed by atoms with Gasteiger partial charge >= 0.3 is 17.9 Å². The summed E-state index contributed by atoms with van der Waals surface area (Å²) in [4.78, 5) is 38.5. The first-order valence-corrected chi connectivity index (χ1v) is 35.7. The summed E-state index contributed by atoms with van der Waals surface area (Å²) in [6, 6.07) is 0. The minimum Gasteiger partial charge on any atom is -0.462 e. The van der Waals surface area contributed by atoms with Gasteiger partial charge in [0.25, 0.3) is 0 Å². The van der Waals surface area contributed by atoms with E-state index in [1.165, 1.54) is 218 Å².